The monoisotopic (exact) mass is 246 g/mol. The highest BCUT2D eigenvalue weighted by atomic mass is 15.1. The van der Waals surface area contributed by atoms with E-state index in [1.165, 1.54) is 43.6 Å². The smallest absolute Gasteiger partial charge is 0.0366 e. The molecule has 18 heavy (non-hydrogen) atoms. The highest BCUT2D eigenvalue weighted by Crippen LogP contribution is 2.33. The van der Waals surface area contributed by atoms with E-state index in [1.54, 1.807) is 0 Å². The molecule has 0 aromatic heterocycles. The molecule has 0 bridgehead atoms. The molecule has 0 radical (unpaired) electrons. The molecule has 100 valence electrons. The Morgan fingerprint density at radius 3 is 2.83 bits per heavy atom. The number of benzene rings is 1. The van der Waals surface area contributed by atoms with Gasteiger partial charge < -0.3 is 10.2 Å². The summed E-state index contributed by atoms with van der Waals surface area (Å²) >= 11 is 0. The first-order valence-electron chi connectivity index (χ1n) is 7.14. The summed E-state index contributed by atoms with van der Waals surface area (Å²) in [5.74, 6) is 0. The van der Waals surface area contributed by atoms with Crippen molar-refractivity contribution in [2.24, 2.45) is 5.41 Å². The lowest BCUT2D eigenvalue weighted by molar-refractivity contribution is 0.299. The normalized spacial score (nSPS) is 23.3. The van der Waals surface area contributed by atoms with Gasteiger partial charge in [0.1, 0.15) is 0 Å². The molecule has 1 aromatic rings. The molecule has 1 unspecified atom stereocenters. The van der Waals surface area contributed by atoms with Gasteiger partial charge in [0.25, 0.3) is 0 Å². The lowest BCUT2D eigenvalue weighted by atomic mass is 9.82. The molecule has 1 atom stereocenters. The zero-order valence-corrected chi connectivity index (χ0v) is 12.0. The van der Waals surface area contributed by atoms with Gasteiger partial charge in [-0.1, -0.05) is 25.5 Å². The first kappa shape index (κ1) is 13.4. The van der Waals surface area contributed by atoms with Crippen molar-refractivity contribution in [1.82, 2.24) is 5.32 Å². The molecule has 1 aliphatic rings. The van der Waals surface area contributed by atoms with E-state index in [4.69, 9.17) is 0 Å². The number of nitrogens with one attached hydrogen (secondary N) is 1. The van der Waals surface area contributed by atoms with E-state index in [2.05, 4.69) is 55.4 Å². The van der Waals surface area contributed by atoms with E-state index in [0.717, 1.165) is 6.54 Å². The van der Waals surface area contributed by atoms with Gasteiger partial charge in [-0.25, -0.2) is 0 Å². The van der Waals surface area contributed by atoms with Crippen LogP contribution in [0.5, 0.6) is 0 Å². The summed E-state index contributed by atoms with van der Waals surface area (Å²) in [5.41, 5.74) is 3.17. The Morgan fingerprint density at radius 1 is 1.39 bits per heavy atom. The summed E-state index contributed by atoms with van der Waals surface area (Å²) < 4.78 is 0. The predicted molar refractivity (Wildman–Crippen MR) is 79.3 cm³/mol. The summed E-state index contributed by atoms with van der Waals surface area (Å²) in [7, 11) is 2.23. The van der Waals surface area contributed by atoms with E-state index in [-0.39, 0.29) is 0 Å². The number of nitrogens with zero attached hydrogens (tertiary/aromatic N) is 1. The third kappa shape index (κ3) is 3.05. The van der Waals surface area contributed by atoms with Gasteiger partial charge in [0.2, 0.25) is 0 Å². The van der Waals surface area contributed by atoms with Crippen LogP contribution in [0.2, 0.25) is 0 Å². The minimum Gasteiger partial charge on any atom is -0.374 e. The van der Waals surface area contributed by atoms with Gasteiger partial charge in [-0.05, 0) is 44.0 Å². The van der Waals surface area contributed by atoms with Crippen LogP contribution in [-0.2, 0) is 0 Å². The molecule has 0 spiro atoms. The molecule has 1 aliphatic heterocycles. The van der Waals surface area contributed by atoms with Crippen LogP contribution >= 0.6 is 0 Å². The van der Waals surface area contributed by atoms with Gasteiger partial charge in [0.05, 0.1) is 0 Å². The molecule has 0 amide bonds. The molecule has 2 nitrogen and oxygen atoms in total. The quantitative estimate of drug-likeness (QED) is 0.858. The Morgan fingerprint density at radius 2 is 2.22 bits per heavy atom. The van der Waals surface area contributed by atoms with Gasteiger partial charge in [-0.3, -0.25) is 0 Å². The Hall–Kier alpha value is -1.02. The molecule has 1 fully saturated rings. The number of aryl methyl sites for hydroxylation is 1. The Balaban J connectivity index is 2.07. The van der Waals surface area contributed by atoms with E-state index in [9.17, 15) is 0 Å². The minimum atomic E-state index is 0.479. The largest absolute Gasteiger partial charge is 0.374 e. The molecule has 1 saturated heterocycles. The van der Waals surface area contributed by atoms with E-state index < -0.39 is 0 Å². The van der Waals surface area contributed by atoms with Gasteiger partial charge in [-0.15, -0.1) is 0 Å². The van der Waals surface area contributed by atoms with E-state index >= 15 is 0 Å². The van der Waals surface area contributed by atoms with Crippen molar-refractivity contribution in [3.63, 3.8) is 0 Å². The predicted octanol–water partition coefficient (Wildman–Crippen LogP) is 3.21. The van der Waals surface area contributed by atoms with Crippen molar-refractivity contribution in [3.8, 4) is 0 Å². The molecular formula is C16H26N2. The second kappa shape index (κ2) is 5.75. The van der Waals surface area contributed by atoms with Gasteiger partial charge >= 0.3 is 0 Å². The third-order valence-corrected chi connectivity index (χ3v) is 4.13. The summed E-state index contributed by atoms with van der Waals surface area (Å²) in [5, 5.41) is 3.54. The maximum atomic E-state index is 3.54. The fourth-order valence-electron chi connectivity index (χ4n) is 3.21. The molecular weight excluding hydrogens is 220 g/mol. The molecule has 1 aromatic carbocycles. The van der Waals surface area contributed by atoms with Crippen molar-refractivity contribution in [3.05, 3.63) is 29.8 Å². The van der Waals surface area contributed by atoms with Crippen molar-refractivity contribution in [2.45, 2.75) is 33.1 Å². The summed E-state index contributed by atoms with van der Waals surface area (Å²) in [6.07, 6.45) is 3.93. The van der Waals surface area contributed by atoms with Crippen molar-refractivity contribution < 1.29 is 0 Å². The highest BCUT2D eigenvalue weighted by molar-refractivity contribution is 5.47. The average molecular weight is 246 g/mol. The summed E-state index contributed by atoms with van der Waals surface area (Å²) in [4.78, 5) is 2.43. The van der Waals surface area contributed by atoms with Crippen LogP contribution < -0.4 is 10.2 Å². The number of rotatable bonds is 5. The minimum absolute atomic E-state index is 0.479. The van der Waals surface area contributed by atoms with Crippen LogP contribution in [0.3, 0.4) is 0 Å². The van der Waals surface area contributed by atoms with Crippen LogP contribution in [0.25, 0.3) is 0 Å². The highest BCUT2D eigenvalue weighted by Gasteiger charge is 2.33. The zero-order valence-electron chi connectivity index (χ0n) is 12.0. The lowest BCUT2D eigenvalue weighted by Crippen LogP contribution is -2.37. The molecule has 2 rings (SSSR count). The molecule has 0 saturated carbocycles. The zero-order chi connectivity index (χ0) is 13.0. The lowest BCUT2D eigenvalue weighted by Gasteiger charge is -2.34. The third-order valence-electron chi connectivity index (χ3n) is 4.13. The molecule has 1 N–H and O–H groups in total. The first-order valence-corrected chi connectivity index (χ1v) is 7.14. The van der Waals surface area contributed by atoms with Crippen molar-refractivity contribution >= 4 is 5.69 Å². The van der Waals surface area contributed by atoms with E-state index in [0.29, 0.717) is 5.41 Å². The number of hydrogen-bond donors (Lipinski definition) is 1. The summed E-state index contributed by atoms with van der Waals surface area (Å²) in [6.45, 7) is 7.99. The Bertz CT molecular complexity index is 380. The SMILES string of the molecule is CCCC1(CN(C)c2cccc(C)c2)CCNC1. The van der Waals surface area contributed by atoms with Gasteiger partial charge in [0.15, 0.2) is 0 Å². The maximum absolute atomic E-state index is 3.54. The maximum Gasteiger partial charge on any atom is 0.0366 e. The first-order chi connectivity index (χ1) is 8.65. The van der Waals surface area contributed by atoms with Crippen LogP contribution in [0.1, 0.15) is 31.7 Å². The number of hydrogen-bond acceptors (Lipinski definition) is 2. The van der Waals surface area contributed by atoms with Crippen LogP contribution in [0, 0.1) is 12.3 Å². The van der Waals surface area contributed by atoms with Crippen molar-refractivity contribution in [1.29, 1.82) is 0 Å². The van der Waals surface area contributed by atoms with Crippen molar-refractivity contribution in [2.75, 3.05) is 31.6 Å². The second-order valence-corrected chi connectivity index (χ2v) is 5.87. The van der Waals surface area contributed by atoms with Crippen LogP contribution in [0.4, 0.5) is 5.69 Å². The van der Waals surface area contributed by atoms with Gasteiger partial charge in [0, 0.05) is 31.2 Å². The fraction of sp³-hybridized carbons (Fsp3) is 0.625. The van der Waals surface area contributed by atoms with Crippen LogP contribution in [0.15, 0.2) is 24.3 Å². The van der Waals surface area contributed by atoms with Gasteiger partial charge in [-0.2, -0.15) is 0 Å². The Labute approximate surface area is 111 Å². The Kier molecular flexibility index (Phi) is 4.28. The summed E-state index contributed by atoms with van der Waals surface area (Å²) in [6, 6.07) is 8.81. The molecule has 2 heteroatoms. The fourth-order valence-corrected chi connectivity index (χ4v) is 3.21. The van der Waals surface area contributed by atoms with Crippen LogP contribution in [-0.4, -0.2) is 26.7 Å². The molecule has 0 aliphatic carbocycles. The van der Waals surface area contributed by atoms with E-state index in [1.807, 2.05) is 0 Å². The standard InChI is InChI=1S/C16H26N2/c1-4-8-16(9-10-17-12-16)13-18(3)15-7-5-6-14(2)11-15/h5-7,11,17H,4,8-10,12-13H2,1-3H3. The second-order valence-electron chi connectivity index (χ2n) is 5.87. The molecule has 1 heterocycles. The number of anilines is 1. The average Bonchev–Trinajstić information content (AvgIpc) is 2.78. The topological polar surface area (TPSA) is 15.3 Å².